The molecule has 25 heavy (non-hydrogen) atoms. The molecule has 0 bridgehead atoms. The van der Waals surface area contributed by atoms with E-state index < -0.39 is 0 Å². The molecule has 3 aromatic rings. The van der Waals surface area contributed by atoms with Crippen LogP contribution in [0.15, 0.2) is 42.5 Å². The number of amides is 2. The van der Waals surface area contributed by atoms with Crippen LogP contribution < -0.4 is 16.4 Å². The van der Waals surface area contributed by atoms with Crippen LogP contribution in [-0.4, -0.2) is 22.3 Å². The van der Waals surface area contributed by atoms with Crippen LogP contribution in [-0.2, 0) is 0 Å². The van der Waals surface area contributed by atoms with Gasteiger partial charge in [-0.05, 0) is 42.2 Å². The van der Waals surface area contributed by atoms with Gasteiger partial charge in [-0.25, -0.2) is 4.79 Å². The summed E-state index contributed by atoms with van der Waals surface area (Å²) in [6.45, 7) is 0. The minimum Gasteiger partial charge on any atom is -0.382 e. The normalized spacial score (nSPS) is 14.7. The zero-order chi connectivity index (χ0) is 17.2. The Morgan fingerprint density at radius 3 is 2.64 bits per heavy atom. The second kappa shape index (κ2) is 6.47. The summed E-state index contributed by atoms with van der Waals surface area (Å²) in [4.78, 5) is 12.1. The summed E-state index contributed by atoms with van der Waals surface area (Å²) in [6, 6.07) is 13.9. The number of benzene rings is 2. The van der Waals surface area contributed by atoms with E-state index in [1.165, 1.54) is 12.8 Å². The van der Waals surface area contributed by atoms with Crippen LogP contribution in [0.2, 0.25) is 0 Å². The zero-order valence-corrected chi connectivity index (χ0v) is 13.9. The van der Waals surface area contributed by atoms with Crippen LogP contribution in [0.3, 0.4) is 0 Å². The third-order valence-electron chi connectivity index (χ3n) is 4.76. The van der Waals surface area contributed by atoms with Crippen molar-refractivity contribution in [1.29, 1.82) is 0 Å². The number of carbonyl (C=O) groups is 1. The lowest BCUT2D eigenvalue weighted by Gasteiger charge is -2.13. The molecule has 0 unspecified atom stereocenters. The molecule has 1 fully saturated rings. The van der Waals surface area contributed by atoms with E-state index in [0.717, 1.165) is 40.6 Å². The van der Waals surface area contributed by atoms with Crippen molar-refractivity contribution < 1.29 is 4.79 Å². The topological polar surface area (TPSA) is 95.8 Å². The van der Waals surface area contributed by atoms with E-state index in [0.29, 0.717) is 11.9 Å². The van der Waals surface area contributed by atoms with E-state index in [2.05, 4.69) is 20.8 Å². The van der Waals surface area contributed by atoms with E-state index in [9.17, 15) is 4.79 Å². The number of nitrogens with one attached hydrogen (secondary N) is 3. The average molecular weight is 335 g/mol. The molecule has 5 N–H and O–H groups in total. The Morgan fingerprint density at radius 1 is 1.12 bits per heavy atom. The fraction of sp³-hybridized carbons (Fsp3) is 0.263. The number of aromatic nitrogens is 2. The number of anilines is 2. The lowest BCUT2D eigenvalue weighted by atomic mass is 10.0. The van der Waals surface area contributed by atoms with Gasteiger partial charge in [-0.3, -0.25) is 5.10 Å². The minimum atomic E-state index is -0.138. The monoisotopic (exact) mass is 335 g/mol. The van der Waals surface area contributed by atoms with Crippen molar-refractivity contribution in [2.24, 2.45) is 0 Å². The lowest BCUT2D eigenvalue weighted by molar-refractivity contribution is 0.248. The molecule has 0 atom stereocenters. The number of aromatic amines is 1. The third-order valence-corrected chi connectivity index (χ3v) is 4.76. The number of H-pyrrole nitrogens is 1. The number of nitrogen functional groups attached to an aromatic ring is 1. The Labute approximate surface area is 145 Å². The number of nitrogens with zero attached hydrogens (tertiary/aromatic N) is 1. The van der Waals surface area contributed by atoms with Crippen LogP contribution in [0, 0.1) is 0 Å². The lowest BCUT2D eigenvalue weighted by Crippen LogP contribution is -2.36. The first kappa shape index (κ1) is 15.5. The highest BCUT2D eigenvalue weighted by Gasteiger charge is 2.17. The zero-order valence-electron chi connectivity index (χ0n) is 13.9. The predicted octanol–water partition coefficient (Wildman–Crippen LogP) is 3.88. The second-order valence-corrected chi connectivity index (χ2v) is 6.49. The van der Waals surface area contributed by atoms with Crippen molar-refractivity contribution in [2.45, 2.75) is 31.7 Å². The largest absolute Gasteiger partial charge is 0.382 e. The van der Waals surface area contributed by atoms with E-state index in [4.69, 9.17) is 5.73 Å². The maximum Gasteiger partial charge on any atom is 0.319 e. The first-order chi connectivity index (χ1) is 12.2. The van der Waals surface area contributed by atoms with Crippen molar-refractivity contribution in [3.8, 4) is 11.1 Å². The average Bonchev–Trinajstić information content (AvgIpc) is 3.26. The number of carbonyl (C=O) groups excluding carboxylic acids is 1. The van der Waals surface area contributed by atoms with Crippen LogP contribution >= 0.6 is 0 Å². The van der Waals surface area contributed by atoms with Crippen molar-refractivity contribution >= 4 is 28.4 Å². The number of fused-ring (bicyclic) bond motifs is 1. The van der Waals surface area contributed by atoms with Crippen molar-refractivity contribution in [3.63, 3.8) is 0 Å². The van der Waals surface area contributed by atoms with Gasteiger partial charge in [0.05, 0.1) is 10.9 Å². The molecule has 2 amide bonds. The number of hydrogen-bond donors (Lipinski definition) is 4. The molecule has 0 spiro atoms. The molecule has 4 rings (SSSR count). The van der Waals surface area contributed by atoms with Crippen molar-refractivity contribution in [3.05, 3.63) is 42.5 Å². The summed E-state index contributed by atoms with van der Waals surface area (Å²) in [5.74, 6) is 0.490. The summed E-state index contributed by atoms with van der Waals surface area (Å²) >= 11 is 0. The van der Waals surface area contributed by atoms with Gasteiger partial charge in [0.1, 0.15) is 0 Å². The minimum absolute atomic E-state index is 0.138. The summed E-state index contributed by atoms with van der Waals surface area (Å²) < 4.78 is 0. The molecular formula is C19H21N5O. The molecule has 0 aliphatic heterocycles. The molecule has 1 aromatic heterocycles. The summed E-state index contributed by atoms with van der Waals surface area (Å²) in [6.07, 6.45) is 4.54. The Hall–Kier alpha value is -3.02. The summed E-state index contributed by atoms with van der Waals surface area (Å²) in [7, 11) is 0. The van der Waals surface area contributed by atoms with E-state index in [-0.39, 0.29) is 6.03 Å². The van der Waals surface area contributed by atoms with Gasteiger partial charge in [-0.15, -0.1) is 0 Å². The molecular weight excluding hydrogens is 314 g/mol. The molecule has 0 saturated heterocycles. The van der Waals surface area contributed by atoms with Gasteiger partial charge in [-0.1, -0.05) is 37.1 Å². The predicted molar refractivity (Wildman–Crippen MR) is 100 cm³/mol. The van der Waals surface area contributed by atoms with Gasteiger partial charge in [0.15, 0.2) is 5.82 Å². The molecule has 128 valence electrons. The standard InChI is InChI=1S/C19H21N5O/c20-18-17-15(6-3-7-16(17)23-24-18)12-8-10-14(11-9-12)22-19(25)21-13-4-1-2-5-13/h3,6-11,13H,1-2,4-5H2,(H3,20,23,24)(H2,21,22,25). The van der Waals surface area contributed by atoms with Gasteiger partial charge in [-0.2, -0.15) is 5.10 Å². The van der Waals surface area contributed by atoms with Crippen LogP contribution in [0.5, 0.6) is 0 Å². The molecule has 1 aliphatic rings. The highest BCUT2D eigenvalue weighted by molar-refractivity contribution is 6.01. The van der Waals surface area contributed by atoms with Gasteiger partial charge in [0.25, 0.3) is 0 Å². The third kappa shape index (κ3) is 3.15. The van der Waals surface area contributed by atoms with Crippen LogP contribution in [0.4, 0.5) is 16.3 Å². The Morgan fingerprint density at radius 2 is 1.88 bits per heavy atom. The molecule has 1 heterocycles. The maximum atomic E-state index is 12.1. The molecule has 1 saturated carbocycles. The fourth-order valence-corrected chi connectivity index (χ4v) is 3.49. The van der Waals surface area contributed by atoms with Crippen LogP contribution in [0.1, 0.15) is 25.7 Å². The summed E-state index contributed by atoms with van der Waals surface area (Å²) in [5, 5.41) is 13.8. The molecule has 2 aromatic carbocycles. The second-order valence-electron chi connectivity index (χ2n) is 6.49. The molecule has 6 heteroatoms. The fourth-order valence-electron chi connectivity index (χ4n) is 3.49. The van der Waals surface area contributed by atoms with Gasteiger partial charge < -0.3 is 16.4 Å². The quantitative estimate of drug-likeness (QED) is 0.585. The first-order valence-corrected chi connectivity index (χ1v) is 8.61. The maximum absolute atomic E-state index is 12.1. The number of rotatable bonds is 3. The number of urea groups is 1. The van der Waals surface area contributed by atoms with Crippen molar-refractivity contribution in [2.75, 3.05) is 11.1 Å². The Balaban J connectivity index is 1.51. The van der Waals surface area contributed by atoms with E-state index in [1.807, 2.05) is 42.5 Å². The SMILES string of the molecule is Nc1n[nH]c2cccc(-c3ccc(NC(=O)NC4CCCC4)cc3)c12. The Bertz CT molecular complexity index is 894. The van der Waals surface area contributed by atoms with E-state index >= 15 is 0 Å². The molecule has 6 nitrogen and oxygen atoms in total. The highest BCUT2D eigenvalue weighted by atomic mass is 16.2. The van der Waals surface area contributed by atoms with E-state index in [1.54, 1.807) is 0 Å². The number of hydrogen-bond acceptors (Lipinski definition) is 3. The van der Waals surface area contributed by atoms with Crippen LogP contribution in [0.25, 0.3) is 22.0 Å². The van der Waals surface area contributed by atoms with Gasteiger partial charge in [0, 0.05) is 11.7 Å². The Kier molecular flexibility index (Phi) is 4.01. The molecule has 0 radical (unpaired) electrons. The molecule has 1 aliphatic carbocycles. The van der Waals surface area contributed by atoms with Gasteiger partial charge >= 0.3 is 6.03 Å². The smallest absolute Gasteiger partial charge is 0.319 e. The summed E-state index contributed by atoms with van der Waals surface area (Å²) in [5.41, 5.74) is 9.71. The van der Waals surface area contributed by atoms with Gasteiger partial charge in [0.2, 0.25) is 0 Å². The first-order valence-electron chi connectivity index (χ1n) is 8.61. The van der Waals surface area contributed by atoms with Crippen molar-refractivity contribution in [1.82, 2.24) is 15.5 Å². The highest BCUT2D eigenvalue weighted by Crippen LogP contribution is 2.31. The number of nitrogens with two attached hydrogens (primary N) is 1.